The number of hydrogen-bond acceptors (Lipinski definition) is 3. The Hall–Kier alpha value is -1.31. The van der Waals surface area contributed by atoms with E-state index in [2.05, 4.69) is 4.74 Å². The fraction of sp³-hybridized carbons (Fsp3) is 0.231. The van der Waals surface area contributed by atoms with E-state index in [1.807, 2.05) is 0 Å². The number of halogens is 5. The Kier molecular flexibility index (Phi) is 6.00. The smallest absolute Gasteiger partial charge is 0.428 e. The number of thiophene rings is 1. The summed E-state index contributed by atoms with van der Waals surface area (Å²) in [6, 6.07) is 6.68. The zero-order valence-electron chi connectivity index (χ0n) is 10.5. The molecule has 2 rings (SSSR count). The number of alkyl halides is 4. The van der Waals surface area contributed by atoms with Gasteiger partial charge < -0.3 is 10.5 Å². The molecular weight excluding hydrogens is 330 g/mol. The summed E-state index contributed by atoms with van der Waals surface area (Å²) in [6.45, 7) is 0. The lowest BCUT2D eigenvalue weighted by Gasteiger charge is -2.21. The predicted octanol–water partition coefficient (Wildman–Crippen LogP) is 4.45. The second-order valence-electron chi connectivity index (χ2n) is 4.04. The first-order chi connectivity index (χ1) is 9.42. The van der Waals surface area contributed by atoms with Gasteiger partial charge in [0, 0.05) is 5.56 Å². The van der Waals surface area contributed by atoms with Crippen LogP contribution in [0, 0.1) is 0 Å². The Morgan fingerprint density at radius 2 is 1.81 bits per heavy atom. The van der Waals surface area contributed by atoms with Crippen molar-refractivity contribution in [2.24, 2.45) is 5.73 Å². The molecule has 0 saturated carbocycles. The lowest BCUT2D eigenvalue weighted by atomic mass is 10.0. The Labute approximate surface area is 128 Å². The van der Waals surface area contributed by atoms with Gasteiger partial charge in [0.1, 0.15) is 5.75 Å². The lowest BCUT2D eigenvalue weighted by molar-refractivity contribution is -0.253. The minimum absolute atomic E-state index is 0. The topological polar surface area (TPSA) is 35.2 Å². The molecule has 1 atom stereocenters. The van der Waals surface area contributed by atoms with E-state index >= 15 is 0 Å². The summed E-state index contributed by atoms with van der Waals surface area (Å²) in [4.78, 5) is 0. The molecule has 1 heterocycles. The Bertz CT molecular complexity index is 565. The molecule has 0 radical (unpaired) electrons. The van der Waals surface area contributed by atoms with Gasteiger partial charge in [0.2, 0.25) is 0 Å². The fourth-order valence-corrected chi connectivity index (χ4v) is 2.35. The standard InChI is InChI=1S/C13H11F4NOS.ClH/c14-12(15)13(16,17)19-10-4-2-1-3-9(10)11(18)8-5-6-20-7-8;/h1-7,11-12H,18H2;1H/t11-;/m0./s1. The predicted molar refractivity (Wildman–Crippen MR) is 75.6 cm³/mol. The maximum atomic E-state index is 13.0. The van der Waals surface area contributed by atoms with E-state index in [9.17, 15) is 17.6 Å². The van der Waals surface area contributed by atoms with Gasteiger partial charge in [-0.2, -0.15) is 28.9 Å². The summed E-state index contributed by atoms with van der Waals surface area (Å²) in [7, 11) is 0. The number of ether oxygens (including phenoxy) is 1. The van der Waals surface area contributed by atoms with E-state index in [1.165, 1.54) is 29.5 Å². The van der Waals surface area contributed by atoms with Crippen LogP contribution in [0.1, 0.15) is 17.2 Å². The Morgan fingerprint density at radius 3 is 2.38 bits per heavy atom. The van der Waals surface area contributed by atoms with E-state index in [0.717, 1.165) is 0 Å². The monoisotopic (exact) mass is 341 g/mol. The van der Waals surface area contributed by atoms with Crippen LogP contribution >= 0.6 is 23.7 Å². The molecule has 116 valence electrons. The minimum Gasteiger partial charge on any atom is -0.428 e. The average Bonchev–Trinajstić information content (AvgIpc) is 2.92. The molecular formula is C13H12ClF4NOS. The van der Waals surface area contributed by atoms with Crippen LogP contribution in [0.15, 0.2) is 41.1 Å². The number of rotatable bonds is 5. The van der Waals surface area contributed by atoms with Gasteiger partial charge in [-0.05, 0) is 28.5 Å². The van der Waals surface area contributed by atoms with E-state index in [4.69, 9.17) is 5.73 Å². The van der Waals surface area contributed by atoms with Crippen LogP contribution in [0.5, 0.6) is 5.75 Å². The highest BCUT2D eigenvalue weighted by Gasteiger charge is 2.44. The maximum absolute atomic E-state index is 13.0. The van der Waals surface area contributed by atoms with Crippen LogP contribution in [0.2, 0.25) is 0 Å². The van der Waals surface area contributed by atoms with Crippen molar-refractivity contribution in [3.63, 3.8) is 0 Å². The molecule has 21 heavy (non-hydrogen) atoms. The molecule has 1 aromatic heterocycles. The van der Waals surface area contributed by atoms with Crippen molar-refractivity contribution < 1.29 is 22.3 Å². The molecule has 8 heteroatoms. The van der Waals surface area contributed by atoms with Crippen molar-refractivity contribution in [3.8, 4) is 5.75 Å². The average molecular weight is 342 g/mol. The van der Waals surface area contributed by atoms with Crippen LogP contribution in [0.3, 0.4) is 0 Å². The van der Waals surface area contributed by atoms with Gasteiger partial charge in [0.05, 0.1) is 6.04 Å². The summed E-state index contributed by atoms with van der Waals surface area (Å²) >= 11 is 1.40. The van der Waals surface area contributed by atoms with Crippen molar-refractivity contribution in [1.29, 1.82) is 0 Å². The van der Waals surface area contributed by atoms with Gasteiger partial charge in [0.25, 0.3) is 0 Å². The Morgan fingerprint density at radius 1 is 1.14 bits per heavy atom. The summed E-state index contributed by atoms with van der Waals surface area (Å²) < 4.78 is 54.6. The molecule has 0 amide bonds. The highest BCUT2D eigenvalue weighted by molar-refractivity contribution is 7.08. The largest absolute Gasteiger partial charge is 0.461 e. The third-order valence-electron chi connectivity index (χ3n) is 2.66. The maximum Gasteiger partial charge on any atom is 0.461 e. The van der Waals surface area contributed by atoms with Gasteiger partial charge in [0.15, 0.2) is 0 Å². The zero-order chi connectivity index (χ0) is 14.8. The van der Waals surface area contributed by atoms with Crippen LogP contribution < -0.4 is 10.5 Å². The molecule has 1 aromatic carbocycles. The summed E-state index contributed by atoms with van der Waals surface area (Å²) in [5.41, 5.74) is 6.88. The van der Waals surface area contributed by atoms with Gasteiger partial charge in [-0.3, -0.25) is 0 Å². The summed E-state index contributed by atoms with van der Waals surface area (Å²) in [5, 5.41) is 3.54. The number of nitrogens with two attached hydrogens (primary N) is 1. The molecule has 0 aliphatic carbocycles. The van der Waals surface area contributed by atoms with Crippen LogP contribution in [0.25, 0.3) is 0 Å². The minimum atomic E-state index is -4.55. The van der Waals surface area contributed by atoms with Gasteiger partial charge >= 0.3 is 12.5 Å². The highest BCUT2D eigenvalue weighted by atomic mass is 35.5. The molecule has 2 nitrogen and oxygen atoms in total. The second kappa shape index (κ2) is 7.11. The SMILES string of the molecule is Cl.N[C@@H](c1ccsc1)c1ccccc1OC(F)(F)C(F)F. The number of hydrogen-bond donors (Lipinski definition) is 1. The second-order valence-corrected chi connectivity index (χ2v) is 4.82. The van der Waals surface area contributed by atoms with Crippen molar-refractivity contribution in [2.45, 2.75) is 18.6 Å². The molecule has 0 spiro atoms. The quantitative estimate of drug-likeness (QED) is 0.815. The van der Waals surface area contributed by atoms with Crippen LogP contribution in [-0.2, 0) is 0 Å². The van der Waals surface area contributed by atoms with E-state index in [0.29, 0.717) is 5.56 Å². The lowest BCUT2D eigenvalue weighted by Crippen LogP contribution is -2.34. The van der Waals surface area contributed by atoms with E-state index in [1.54, 1.807) is 22.9 Å². The molecule has 2 aromatic rings. The third-order valence-corrected chi connectivity index (χ3v) is 3.36. The van der Waals surface area contributed by atoms with Crippen LogP contribution in [-0.4, -0.2) is 12.5 Å². The van der Waals surface area contributed by atoms with E-state index in [-0.39, 0.29) is 23.7 Å². The fourth-order valence-electron chi connectivity index (χ4n) is 1.65. The van der Waals surface area contributed by atoms with Gasteiger partial charge in [-0.15, -0.1) is 12.4 Å². The zero-order valence-corrected chi connectivity index (χ0v) is 12.1. The normalized spacial score (nSPS) is 12.9. The molecule has 0 bridgehead atoms. The third kappa shape index (κ3) is 4.09. The summed E-state index contributed by atoms with van der Waals surface area (Å²) in [5.74, 6) is -0.350. The number of benzene rings is 1. The molecule has 0 unspecified atom stereocenters. The molecule has 0 aliphatic heterocycles. The highest BCUT2D eigenvalue weighted by Crippen LogP contribution is 2.34. The molecule has 2 N–H and O–H groups in total. The first kappa shape index (κ1) is 17.7. The van der Waals surface area contributed by atoms with Crippen molar-refractivity contribution in [2.75, 3.05) is 0 Å². The van der Waals surface area contributed by atoms with Crippen LogP contribution in [0.4, 0.5) is 17.6 Å². The molecule has 0 saturated heterocycles. The van der Waals surface area contributed by atoms with E-state index < -0.39 is 18.6 Å². The first-order valence-corrected chi connectivity index (χ1v) is 6.57. The first-order valence-electron chi connectivity index (χ1n) is 5.63. The van der Waals surface area contributed by atoms with Crippen molar-refractivity contribution in [3.05, 3.63) is 52.2 Å². The van der Waals surface area contributed by atoms with Gasteiger partial charge in [-0.1, -0.05) is 18.2 Å². The molecule has 0 aliphatic rings. The van der Waals surface area contributed by atoms with Crippen molar-refractivity contribution in [1.82, 2.24) is 0 Å². The van der Waals surface area contributed by atoms with Gasteiger partial charge in [-0.25, -0.2) is 0 Å². The Balaban J connectivity index is 0.00000220. The summed E-state index contributed by atoms with van der Waals surface area (Å²) in [6.07, 6.45) is -8.46. The van der Waals surface area contributed by atoms with Crippen molar-refractivity contribution >= 4 is 23.7 Å². The number of para-hydroxylation sites is 1. The molecule has 0 fully saturated rings.